The lowest BCUT2D eigenvalue weighted by Crippen LogP contribution is -2.31. The van der Waals surface area contributed by atoms with E-state index < -0.39 is 0 Å². The number of carbonyl (C=O) groups excluding carboxylic acids is 7. The molecule has 0 aliphatic carbocycles. The lowest BCUT2D eigenvalue weighted by Gasteiger charge is -2.22. The van der Waals surface area contributed by atoms with Crippen LogP contribution in [-0.2, 0) is 38.1 Å². The van der Waals surface area contributed by atoms with Gasteiger partial charge in [-0.25, -0.2) is 0 Å². The van der Waals surface area contributed by atoms with Crippen LogP contribution in [0.25, 0.3) is 0 Å². The first kappa shape index (κ1) is 101. The van der Waals surface area contributed by atoms with Crippen molar-refractivity contribution in [3.63, 3.8) is 0 Å². The summed E-state index contributed by atoms with van der Waals surface area (Å²) < 4.78 is 23.2. The highest BCUT2D eigenvalue weighted by molar-refractivity contribution is 6.04. The Morgan fingerprint density at radius 1 is 0.269 bits per heavy atom. The van der Waals surface area contributed by atoms with Gasteiger partial charge in [0.05, 0.1) is 0 Å². The molecule has 0 aliphatic rings. The van der Waals surface area contributed by atoms with Gasteiger partial charge >= 0.3 is 23.9 Å². The molecule has 0 saturated carbocycles. The highest BCUT2D eigenvalue weighted by atomic mass is 16.6. The van der Waals surface area contributed by atoms with Crippen LogP contribution in [-0.4, -0.2) is 160 Å². The second kappa shape index (κ2) is 72.6. The minimum absolute atomic E-state index is 0.0460. The van der Waals surface area contributed by atoms with Crippen molar-refractivity contribution >= 4 is 41.6 Å². The summed E-state index contributed by atoms with van der Waals surface area (Å²) in [5.41, 5.74) is 0.875. The van der Waals surface area contributed by atoms with Gasteiger partial charge in [-0.15, -0.1) is 0 Å². The summed E-state index contributed by atoms with van der Waals surface area (Å²) in [6.07, 6.45) is 54.3. The predicted octanol–water partition coefficient (Wildman–Crippen LogP) is 21.9. The van der Waals surface area contributed by atoms with Crippen molar-refractivity contribution < 1.29 is 52.5 Å². The van der Waals surface area contributed by atoms with Crippen molar-refractivity contribution in [2.45, 2.75) is 427 Å². The van der Waals surface area contributed by atoms with Crippen LogP contribution >= 0.6 is 0 Å². The minimum Gasteiger partial charge on any atom is -0.462 e. The van der Waals surface area contributed by atoms with E-state index in [0.717, 1.165) is 315 Å². The molecule has 0 aromatic heterocycles. The van der Waals surface area contributed by atoms with Crippen molar-refractivity contribution in [2.75, 3.05) is 79.5 Å². The van der Waals surface area contributed by atoms with Gasteiger partial charge in [0, 0.05) is 62.0 Å². The maximum Gasteiger partial charge on any atom is 0.306 e. The first-order valence-electron chi connectivity index (χ1n) is 45.4. The molecule has 0 saturated heterocycles. The van der Waals surface area contributed by atoms with Crippen molar-refractivity contribution in [1.82, 2.24) is 30.7 Å². The number of esters is 4. The topological polar surface area (TPSA) is 202 Å². The van der Waals surface area contributed by atoms with Gasteiger partial charge in [-0.2, -0.15) is 0 Å². The summed E-state index contributed by atoms with van der Waals surface area (Å²) in [5.74, 6) is -1.11. The van der Waals surface area contributed by atoms with Crippen LogP contribution in [0.2, 0.25) is 0 Å². The first-order chi connectivity index (χ1) is 52.5. The summed E-state index contributed by atoms with van der Waals surface area (Å²) in [4.78, 5) is 99.5. The molecule has 0 aliphatic heterocycles. The molecule has 1 aromatic rings. The summed E-state index contributed by atoms with van der Waals surface area (Å²) >= 11 is 0. The molecular weight excluding hydrogens is 1350 g/mol. The van der Waals surface area contributed by atoms with E-state index in [4.69, 9.17) is 18.9 Å². The maximum absolute atomic E-state index is 14.0. The lowest BCUT2D eigenvalue weighted by molar-refractivity contribution is -0.150. The van der Waals surface area contributed by atoms with Gasteiger partial charge < -0.3 is 49.6 Å². The molecule has 3 N–H and O–H groups in total. The summed E-state index contributed by atoms with van der Waals surface area (Å²) in [6, 6.07) is 4.85. The highest BCUT2D eigenvalue weighted by Crippen LogP contribution is 2.21. The molecule has 1 aromatic carbocycles. The maximum atomic E-state index is 14.0. The van der Waals surface area contributed by atoms with E-state index in [1.165, 1.54) is 51.4 Å². The number of benzene rings is 1. The van der Waals surface area contributed by atoms with Crippen LogP contribution in [0.3, 0.4) is 0 Å². The number of ether oxygens (including phenoxy) is 4. The number of unbranched alkanes of at least 4 members (excludes halogenated alkanes) is 31. The highest BCUT2D eigenvalue weighted by Gasteiger charge is 2.20. The Balaban J connectivity index is 3.00. The number of nitrogens with zero attached hydrogens (tertiary/aromatic N) is 3. The van der Waals surface area contributed by atoms with E-state index in [2.05, 4.69) is 86.0 Å². The fourth-order valence-corrected chi connectivity index (χ4v) is 14.2. The zero-order valence-electron chi connectivity index (χ0n) is 71.6. The van der Waals surface area contributed by atoms with Crippen LogP contribution in [0.4, 0.5) is 0 Å². The Labute approximate surface area is 662 Å². The Hall–Kier alpha value is -4.61. The monoisotopic (exact) mass is 1520 g/mol. The molecular formula is C91H168N6O11. The van der Waals surface area contributed by atoms with Crippen molar-refractivity contribution in [1.29, 1.82) is 0 Å². The van der Waals surface area contributed by atoms with E-state index in [-0.39, 0.29) is 66.0 Å². The fraction of sp³-hybridized carbons (Fsp3) is 0.857. The number of hydrogen-bond donors (Lipinski definition) is 3. The zero-order valence-corrected chi connectivity index (χ0v) is 71.6. The lowest BCUT2D eigenvalue weighted by atomic mass is 10.0. The van der Waals surface area contributed by atoms with Crippen LogP contribution in [0.5, 0.6) is 0 Å². The zero-order chi connectivity index (χ0) is 79.1. The molecule has 0 fully saturated rings. The van der Waals surface area contributed by atoms with Crippen LogP contribution in [0.15, 0.2) is 18.2 Å². The van der Waals surface area contributed by atoms with Crippen molar-refractivity contribution in [3.8, 4) is 0 Å². The van der Waals surface area contributed by atoms with Crippen LogP contribution in [0, 0.1) is 0 Å². The number of nitrogens with one attached hydrogen (secondary N) is 3. The minimum atomic E-state index is -0.305. The van der Waals surface area contributed by atoms with Gasteiger partial charge in [-0.05, 0) is 245 Å². The van der Waals surface area contributed by atoms with Crippen LogP contribution in [0.1, 0.15) is 433 Å². The second-order valence-electron chi connectivity index (χ2n) is 31.7. The molecule has 0 radical (unpaired) electrons. The average molecular weight is 1520 g/mol. The molecule has 0 bridgehead atoms. The molecule has 108 heavy (non-hydrogen) atoms. The average Bonchev–Trinajstić information content (AvgIpc) is 0.827. The van der Waals surface area contributed by atoms with E-state index in [0.29, 0.717) is 62.0 Å². The summed E-state index contributed by atoms with van der Waals surface area (Å²) in [5, 5.41) is 9.30. The predicted molar refractivity (Wildman–Crippen MR) is 449 cm³/mol. The standard InChI is InChI=1S/C91H168N6O11/c1-11-19-39-57-81(15-5)105-85(98)61-43-31-23-27-35-50-69-96(70-51-36-28-24-32-44-62-86(99)106-82(16-6)58-40-20-12-2)73-55-48-66-93-90(103)79-75-78(89(102)92-65-47-54-68-95(9)10)76-80(77-79)91(104)94-67-49-56-74-97(71-52-37-29-25-33-45-63-87(100)107-83(17-7)59-41-21-13-3)72-53-38-30-26-34-46-64-88(101)108-84(18-8)60-42-22-14-4/h75-77,81-84H,11-74H2,1-10H3,(H,92,102)(H,93,103)(H,94,104). The van der Waals surface area contributed by atoms with Gasteiger partial charge in [0.1, 0.15) is 24.4 Å². The second-order valence-corrected chi connectivity index (χ2v) is 31.7. The van der Waals surface area contributed by atoms with Gasteiger partial charge in [-0.1, -0.05) is 209 Å². The van der Waals surface area contributed by atoms with Crippen molar-refractivity contribution in [3.05, 3.63) is 34.9 Å². The Morgan fingerprint density at radius 3 is 0.685 bits per heavy atom. The quantitative estimate of drug-likeness (QED) is 0.0316. The van der Waals surface area contributed by atoms with E-state index in [9.17, 15) is 33.6 Å². The molecule has 0 spiro atoms. The summed E-state index contributed by atoms with van der Waals surface area (Å²) in [7, 11) is 4.07. The molecule has 628 valence electrons. The third-order valence-corrected chi connectivity index (χ3v) is 21.4. The molecule has 4 atom stereocenters. The van der Waals surface area contributed by atoms with Gasteiger partial charge in [0.25, 0.3) is 17.7 Å². The Morgan fingerprint density at radius 2 is 0.472 bits per heavy atom. The number of amides is 3. The third kappa shape index (κ3) is 59.2. The molecule has 0 heterocycles. The summed E-state index contributed by atoms with van der Waals surface area (Å²) in [6.45, 7) is 25.5. The van der Waals surface area contributed by atoms with E-state index >= 15 is 0 Å². The molecule has 17 nitrogen and oxygen atoms in total. The molecule has 3 amide bonds. The molecule has 17 heteroatoms. The van der Waals surface area contributed by atoms with Gasteiger partial charge in [0.2, 0.25) is 0 Å². The Kier molecular flexibility index (Phi) is 68.2. The normalized spacial score (nSPS) is 12.7. The first-order valence-corrected chi connectivity index (χ1v) is 45.4. The van der Waals surface area contributed by atoms with E-state index in [1.54, 1.807) is 18.2 Å². The smallest absolute Gasteiger partial charge is 0.306 e. The third-order valence-electron chi connectivity index (χ3n) is 21.4. The Bertz CT molecular complexity index is 2120. The van der Waals surface area contributed by atoms with Crippen LogP contribution < -0.4 is 16.0 Å². The number of hydrogen-bond acceptors (Lipinski definition) is 14. The fourth-order valence-electron chi connectivity index (χ4n) is 14.2. The van der Waals surface area contributed by atoms with Crippen molar-refractivity contribution in [2.24, 2.45) is 0 Å². The van der Waals surface area contributed by atoms with E-state index in [1.807, 2.05) is 14.1 Å². The van der Waals surface area contributed by atoms with Gasteiger partial charge in [0.15, 0.2) is 0 Å². The number of carbonyl (C=O) groups is 7. The SMILES string of the molecule is CCCCCC(CC)OC(=O)CCCCCCCCN(CCCCCCCCC(=O)OC(CC)CCCCC)CCCCNC(=O)c1cc(C(=O)NCCCCN(C)C)cc(C(=O)NCCCCN(CCCCCCCCC(=O)OC(CC)CCCCC)CCCCCCCCC(=O)OC(CC)CCCCC)c1. The molecule has 4 unspecified atom stereocenters. The van der Waals surface area contributed by atoms with Gasteiger partial charge in [-0.3, -0.25) is 33.6 Å². The number of rotatable bonds is 78. The largest absolute Gasteiger partial charge is 0.462 e. The molecule has 1 rings (SSSR count).